The number of hydrogen-bond acceptors (Lipinski definition) is 1. The third-order valence-electron chi connectivity index (χ3n) is 3.28. The van der Waals surface area contributed by atoms with E-state index in [9.17, 15) is 4.79 Å². The molecule has 15 heavy (non-hydrogen) atoms. The molecule has 0 N–H and O–H groups in total. The Morgan fingerprint density at radius 2 is 1.80 bits per heavy atom. The van der Waals surface area contributed by atoms with Crippen LogP contribution in [-0.2, 0) is 4.79 Å². The van der Waals surface area contributed by atoms with E-state index in [1.165, 1.54) is 24.0 Å². The fourth-order valence-corrected chi connectivity index (χ4v) is 2.31. The molecule has 0 spiro atoms. The van der Waals surface area contributed by atoms with E-state index in [1.807, 2.05) is 0 Å². The van der Waals surface area contributed by atoms with Crippen molar-refractivity contribution in [1.29, 1.82) is 0 Å². The molecule has 0 bridgehead atoms. The van der Waals surface area contributed by atoms with Crippen LogP contribution in [0.4, 0.5) is 0 Å². The molecule has 1 atom stereocenters. The third kappa shape index (κ3) is 2.47. The van der Waals surface area contributed by atoms with Crippen LogP contribution in [0.1, 0.15) is 49.1 Å². The molecule has 1 aromatic carbocycles. The van der Waals surface area contributed by atoms with E-state index in [1.54, 1.807) is 0 Å². The molecule has 1 aromatic rings. The van der Waals surface area contributed by atoms with E-state index < -0.39 is 0 Å². The van der Waals surface area contributed by atoms with Gasteiger partial charge in [-0.3, -0.25) is 4.79 Å². The molecular weight excluding hydrogens is 184 g/mol. The summed E-state index contributed by atoms with van der Waals surface area (Å²) in [6.45, 7) is 2.08. The van der Waals surface area contributed by atoms with Gasteiger partial charge in [-0.2, -0.15) is 0 Å². The van der Waals surface area contributed by atoms with E-state index >= 15 is 0 Å². The van der Waals surface area contributed by atoms with Crippen molar-refractivity contribution in [1.82, 2.24) is 0 Å². The minimum absolute atomic E-state index is 0.174. The first kappa shape index (κ1) is 10.4. The van der Waals surface area contributed by atoms with Crippen LogP contribution in [0.25, 0.3) is 0 Å². The van der Waals surface area contributed by atoms with Gasteiger partial charge in [-0.25, -0.2) is 0 Å². The smallest absolute Gasteiger partial charge is 0.140 e. The van der Waals surface area contributed by atoms with Gasteiger partial charge in [0, 0.05) is 12.3 Å². The van der Waals surface area contributed by atoms with Crippen LogP contribution in [0.3, 0.4) is 0 Å². The summed E-state index contributed by atoms with van der Waals surface area (Å²) in [5.74, 6) is 0.615. The number of Topliss-reactive ketones (excluding diaryl/α,β-unsaturated/α-hetero) is 1. The van der Waals surface area contributed by atoms with Crippen molar-refractivity contribution in [3.8, 4) is 0 Å². The third-order valence-corrected chi connectivity index (χ3v) is 3.28. The van der Waals surface area contributed by atoms with E-state index in [-0.39, 0.29) is 5.92 Å². The topological polar surface area (TPSA) is 17.1 Å². The number of ketones is 1. The van der Waals surface area contributed by atoms with Crippen molar-refractivity contribution in [2.45, 2.75) is 44.9 Å². The van der Waals surface area contributed by atoms with E-state index in [4.69, 9.17) is 0 Å². The molecule has 1 fully saturated rings. The Kier molecular flexibility index (Phi) is 3.20. The molecule has 0 radical (unpaired) electrons. The molecule has 0 aliphatic heterocycles. The molecule has 0 amide bonds. The highest BCUT2D eigenvalue weighted by Gasteiger charge is 2.21. The number of aryl methyl sites for hydroxylation is 1. The van der Waals surface area contributed by atoms with Gasteiger partial charge in [-0.15, -0.1) is 0 Å². The number of benzene rings is 1. The summed E-state index contributed by atoms with van der Waals surface area (Å²) in [6.07, 6.45) is 5.32. The number of hydrogen-bond donors (Lipinski definition) is 0. The highest BCUT2D eigenvalue weighted by atomic mass is 16.1. The number of carbonyl (C=O) groups is 1. The summed E-state index contributed by atoms with van der Waals surface area (Å²) in [5.41, 5.74) is 2.48. The van der Waals surface area contributed by atoms with Crippen LogP contribution < -0.4 is 0 Å². The van der Waals surface area contributed by atoms with Gasteiger partial charge >= 0.3 is 0 Å². The molecule has 0 saturated heterocycles. The number of carbonyl (C=O) groups excluding carboxylic acids is 1. The Labute approximate surface area is 91.5 Å². The predicted molar refractivity (Wildman–Crippen MR) is 62.0 cm³/mol. The lowest BCUT2D eigenvalue weighted by molar-refractivity contribution is -0.120. The van der Waals surface area contributed by atoms with Gasteiger partial charge in [0.15, 0.2) is 0 Å². The molecule has 0 aromatic heterocycles. The Balaban J connectivity index is 2.20. The summed E-state index contributed by atoms with van der Waals surface area (Å²) >= 11 is 0. The Bertz CT molecular complexity index is 337. The molecule has 1 unspecified atom stereocenters. The molecule has 1 heteroatoms. The summed E-state index contributed by atoms with van der Waals surface area (Å²) < 4.78 is 0. The quantitative estimate of drug-likeness (QED) is 0.636. The van der Waals surface area contributed by atoms with Crippen LogP contribution >= 0.6 is 0 Å². The zero-order valence-electron chi connectivity index (χ0n) is 9.33. The van der Waals surface area contributed by atoms with Crippen molar-refractivity contribution in [3.05, 3.63) is 35.4 Å². The lowest BCUT2D eigenvalue weighted by Crippen LogP contribution is -2.10. The molecular formula is C14H18O. The average molecular weight is 202 g/mol. The van der Waals surface area contributed by atoms with Crippen LogP contribution in [0.15, 0.2) is 24.3 Å². The molecule has 80 valence electrons. The van der Waals surface area contributed by atoms with Crippen molar-refractivity contribution in [2.75, 3.05) is 0 Å². The summed E-state index contributed by atoms with van der Waals surface area (Å²) in [5, 5.41) is 0. The first-order chi connectivity index (χ1) is 7.27. The fourth-order valence-electron chi connectivity index (χ4n) is 2.31. The SMILES string of the molecule is Cc1ccc(C2CCCCCC2=O)cc1. The first-order valence-corrected chi connectivity index (χ1v) is 5.86. The standard InChI is InChI=1S/C14H18O/c1-11-7-9-12(10-8-11)13-5-3-2-4-6-14(13)15/h7-10,13H,2-6H2,1H3. The zero-order valence-corrected chi connectivity index (χ0v) is 9.33. The Hall–Kier alpha value is -1.11. The highest BCUT2D eigenvalue weighted by molar-refractivity contribution is 5.85. The van der Waals surface area contributed by atoms with Gasteiger partial charge in [0.25, 0.3) is 0 Å². The minimum Gasteiger partial charge on any atom is -0.299 e. The minimum atomic E-state index is 0.174. The van der Waals surface area contributed by atoms with Gasteiger partial charge in [0.05, 0.1) is 0 Å². The summed E-state index contributed by atoms with van der Waals surface area (Å²) in [6, 6.07) is 8.44. The highest BCUT2D eigenvalue weighted by Crippen LogP contribution is 2.28. The number of rotatable bonds is 1. The van der Waals surface area contributed by atoms with Crippen molar-refractivity contribution in [2.24, 2.45) is 0 Å². The molecule has 0 heterocycles. The first-order valence-electron chi connectivity index (χ1n) is 5.86. The van der Waals surface area contributed by atoms with Crippen LogP contribution in [-0.4, -0.2) is 5.78 Å². The van der Waals surface area contributed by atoms with E-state index in [0.717, 1.165) is 19.3 Å². The largest absolute Gasteiger partial charge is 0.299 e. The van der Waals surface area contributed by atoms with Gasteiger partial charge in [0.1, 0.15) is 5.78 Å². The van der Waals surface area contributed by atoms with E-state index in [0.29, 0.717) is 5.78 Å². The second-order valence-corrected chi connectivity index (χ2v) is 4.53. The normalized spacial score (nSPS) is 22.5. The summed E-state index contributed by atoms with van der Waals surface area (Å²) in [4.78, 5) is 11.9. The molecule has 2 rings (SSSR count). The van der Waals surface area contributed by atoms with Gasteiger partial charge in [-0.05, 0) is 25.3 Å². The van der Waals surface area contributed by atoms with Gasteiger partial charge in [-0.1, -0.05) is 42.7 Å². The predicted octanol–water partition coefficient (Wildman–Crippen LogP) is 3.61. The molecule has 1 nitrogen and oxygen atoms in total. The lowest BCUT2D eigenvalue weighted by atomic mass is 9.90. The van der Waals surface area contributed by atoms with Crippen molar-refractivity contribution < 1.29 is 4.79 Å². The molecule has 1 saturated carbocycles. The molecule has 1 aliphatic rings. The maximum atomic E-state index is 11.9. The van der Waals surface area contributed by atoms with Crippen LogP contribution in [0.2, 0.25) is 0 Å². The Morgan fingerprint density at radius 1 is 1.07 bits per heavy atom. The zero-order chi connectivity index (χ0) is 10.7. The van der Waals surface area contributed by atoms with Gasteiger partial charge in [0.2, 0.25) is 0 Å². The fraction of sp³-hybridized carbons (Fsp3) is 0.500. The van der Waals surface area contributed by atoms with Crippen LogP contribution in [0.5, 0.6) is 0 Å². The second kappa shape index (κ2) is 4.61. The summed E-state index contributed by atoms with van der Waals surface area (Å²) in [7, 11) is 0. The maximum Gasteiger partial charge on any atom is 0.140 e. The Morgan fingerprint density at radius 3 is 2.53 bits per heavy atom. The molecule has 1 aliphatic carbocycles. The van der Waals surface area contributed by atoms with Crippen LogP contribution in [0, 0.1) is 6.92 Å². The second-order valence-electron chi connectivity index (χ2n) is 4.53. The van der Waals surface area contributed by atoms with E-state index in [2.05, 4.69) is 31.2 Å². The maximum absolute atomic E-state index is 11.9. The van der Waals surface area contributed by atoms with Crippen molar-refractivity contribution in [3.63, 3.8) is 0 Å². The van der Waals surface area contributed by atoms with Crippen molar-refractivity contribution >= 4 is 5.78 Å². The average Bonchev–Trinajstić information content (AvgIpc) is 2.44. The van der Waals surface area contributed by atoms with Gasteiger partial charge < -0.3 is 0 Å². The monoisotopic (exact) mass is 202 g/mol. The lowest BCUT2D eigenvalue weighted by Gasteiger charge is -2.13.